The molecular weight excluding hydrogens is 208 g/mol. The second-order valence-corrected chi connectivity index (χ2v) is 4.36. The molecule has 16 heavy (non-hydrogen) atoms. The Morgan fingerprint density at radius 2 is 2.19 bits per heavy atom. The van der Waals surface area contributed by atoms with E-state index in [1.54, 1.807) is 11.8 Å². The molecule has 2 aliphatic heterocycles. The highest BCUT2D eigenvalue weighted by molar-refractivity contribution is 5.85. The van der Waals surface area contributed by atoms with Crippen molar-refractivity contribution in [3.05, 3.63) is 0 Å². The summed E-state index contributed by atoms with van der Waals surface area (Å²) in [4.78, 5) is 27.3. The maximum Gasteiger partial charge on any atom is 0.323 e. The molecule has 0 aromatic rings. The Morgan fingerprint density at radius 1 is 1.44 bits per heavy atom. The molecule has 2 atom stereocenters. The quantitative estimate of drug-likeness (QED) is 0.615. The van der Waals surface area contributed by atoms with Crippen LogP contribution >= 0.6 is 0 Å². The van der Waals surface area contributed by atoms with Crippen LogP contribution in [0.5, 0.6) is 0 Å². The molecule has 0 aliphatic carbocycles. The number of ether oxygens (including phenoxy) is 1. The lowest BCUT2D eigenvalue weighted by Gasteiger charge is -2.36. The van der Waals surface area contributed by atoms with E-state index in [9.17, 15) is 9.59 Å². The number of piperazine rings is 1. The molecule has 1 amide bonds. The van der Waals surface area contributed by atoms with Gasteiger partial charge in [0.05, 0.1) is 12.6 Å². The van der Waals surface area contributed by atoms with Gasteiger partial charge >= 0.3 is 5.97 Å². The average molecular weight is 226 g/mol. The molecule has 2 saturated heterocycles. The van der Waals surface area contributed by atoms with Crippen LogP contribution in [0.4, 0.5) is 0 Å². The van der Waals surface area contributed by atoms with E-state index in [0.717, 1.165) is 19.4 Å². The Bertz CT molecular complexity index is 306. The fraction of sp³-hybridized carbons (Fsp3) is 0.818. The summed E-state index contributed by atoms with van der Waals surface area (Å²) in [5, 5.41) is 0. The first-order chi connectivity index (χ1) is 7.65. The van der Waals surface area contributed by atoms with Gasteiger partial charge in [-0.1, -0.05) is 0 Å². The van der Waals surface area contributed by atoms with E-state index >= 15 is 0 Å². The standard InChI is InChI=1S/C11H18N2O3/c1-3-16-11(15)9-5-4-8-10(14)12(2)6-7-13(8)9/h8-9H,3-7H2,1-2H3/t8?,9-/m1/s1. The highest BCUT2D eigenvalue weighted by Gasteiger charge is 2.45. The molecule has 2 rings (SSSR count). The molecule has 0 bridgehead atoms. The predicted octanol–water partition coefficient (Wildman–Crippen LogP) is -0.145. The fourth-order valence-electron chi connectivity index (χ4n) is 2.56. The Balaban J connectivity index is 2.06. The first-order valence-electron chi connectivity index (χ1n) is 5.82. The van der Waals surface area contributed by atoms with Crippen LogP contribution in [-0.2, 0) is 14.3 Å². The minimum atomic E-state index is -0.206. The van der Waals surface area contributed by atoms with Crippen molar-refractivity contribution in [1.29, 1.82) is 0 Å². The topological polar surface area (TPSA) is 49.9 Å². The van der Waals surface area contributed by atoms with E-state index in [1.807, 2.05) is 11.9 Å². The second-order valence-electron chi connectivity index (χ2n) is 4.36. The van der Waals surface area contributed by atoms with Crippen molar-refractivity contribution in [2.45, 2.75) is 31.8 Å². The van der Waals surface area contributed by atoms with Crippen LogP contribution in [0.25, 0.3) is 0 Å². The minimum Gasteiger partial charge on any atom is -0.465 e. The average Bonchev–Trinajstić information content (AvgIpc) is 2.68. The predicted molar refractivity (Wildman–Crippen MR) is 57.8 cm³/mol. The molecule has 0 saturated carbocycles. The second kappa shape index (κ2) is 4.41. The third kappa shape index (κ3) is 1.80. The molecule has 2 fully saturated rings. The molecule has 5 heteroatoms. The normalized spacial score (nSPS) is 30.4. The van der Waals surface area contributed by atoms with Gasteiger partial charge in [0.15, 0.2) is 0 Å². The smallest absolute Gasteiger partial charge is 0.323 e. The number of amides is 1. The molecular formula is C11H18N2O3. The summed E-state index contributed by atoms with van der Waals surface area (Å²) in [5.74, 6) is -0.0413. The van der Waals surface area contributed by atoms with Crippen molar-refractivity contribution in [2.24, 2.45) is 0 Å². The van der Waals surface area contributed by atoms with Gasteiger partial charge in [0.1, 0.15) is 6.04 Å². The maximum absolute atomic E-state index is 11.9. The Hall–Kier alpha value is -1.10. The van der Waals surface area contributed by atoms with E-state index in [2.05, 4.69) is 0 Å². The first-order valence-corrected chi connectivity index (χ1v) is 5.82. The number of rotatable bonds is 2. The van der Waals surface area contributed by atoms with Gasteiger partial charge in [-0.25, -0.2) is 0 Å². The van der Waals surface area contributed by atoms with E-state index in [4.69, 9.17) is 4.74 Å². The van der Waals surface area contributed by atoms with Crippen molar-refractivity contribution >= 4 is 11.9 Å². The summed E-state index contributed by atoms with van der Waals surface area (Å²) in [6, 6.07) is -0.309. The number of hydrogen-bond donors (Lipinski definition) is 0. The van der Waals surface area contributed by atoms with Gasteiger partial charge < -0.3 is 9.64 Å². The van der Waals surface area contributed by atoms with Crippen LogP contribution in [0, 0.1) is 0 Å². The van der Waals surface area contributed by atoms with Gasteiger partial charge in [-0.15, -0.1) is 0 Å². The number of carbonyl (C=O) groups is 2. The zero-order chi connectivity index (χ0) is 11.7. The summed E-state index contributed by atoms with van der Waals surface area (Å²) in [7, 11) is 1.82. The maximum atomic E-state index is 11.9. The van der Waals surface area contributed by atoms with Crippen molar-refractivity contribution in [3.8, 4) is 0 Å². The molecule has 0 aromatic heterocycles. The van der Waals surface area contributed by atoms with Crippen molar-refractivity contribution in [1.82, 2.24) is 9.80 Å². The molecule has 90 valence electrons. The number of esters is 1. The third-order valence-electron chi connectivity index (χ3n) is 3.43. The number of hydrogen-bond acceptors (Lipinski definition) is 4. The third-order valence-corrected chi connectivity index (χ3v) is 3.43. The van der Waals surface area contributed by atoms with Gasteiger partial charge in [-0.2, -0.15) is 0 Å². The molecule has 0 aromatic carbocycles. The lowest BCUT2D eigenvalue weighted by Crippen LogP contribution is -2.56. The van der Waals surface area contributed by atoms with Crippen LogP contribution in [-0.4, -0.2) is 60.5 Å². The molecule has 2 aliphatic rings. The number of likely N-dealkylation sites (N-methyl/N-ethyl adjacent to an activating group) is 1. The summed E-state index contributed by atoms with van der Waals surface area (Å²) in [5.41, 5.74) is 0. The van der Waals surface area contributed by atoms with E-state index in [1.165, 1.54) is 0 Å². The van der Waals surface area contributed by atoms with Crippen molar-refractivity contribution in [2.75, 3.05) is 26.7 Å². The highest BCUT2D eigenvalue weighted by atomic mass is 16.5. The molecule has 2 heterocycles. The Kier molecular flexibility index (Phi) is 3.14. The first kappa shape index (κ1) is 11.4. The van der Waals surface area contributed by atoms with Crippen LogP contribution in [0.15, 0.2) is 0 Å². The molecule has 1 unspecified atom stereocenters. The van der Waals surface area contributed by atoms with Gasteiger partial charge in [0.2, 0.25) is 5.91 Å². The van der Waals surface area contributed by atoms with Gasteiger partial charge in [0, 0.05) is 20.1 Å². The van der Waals surface area contributed by atoms with Crippen LogP contribution in [0.3, 0.4) is 0 Å². The molecule has 0 N–H and O–H groups in total. The summed E-state index contributed by atoms with van der Waals surface area (Å²) in [6.45, 7) is 3.68. The fourth-order valence-corrected chi connectivity index (χ4v) is 2.56. The van der Waals surface area contributed by atoms with Gasteiger partial charge in [-0.3, -0.25) is 14.5 Å². The van der Waals surface area contributed by atoms with E-state index < -0.39 is 0 Å². The summed E-state index contributed by atoms with van der Waals surface area (Å²) in [6.07, 6.45) is 1.51. The van der Waals surface area contributed by atoms with Gasteiger partial charge in [-0.05, 0) is 19.8 Å². The van der Waals surface area contributed by atoms with Crippen LogP contribution in [0.2, 0.25) is 0 Å². The zero-order valence-electron chi connectivity index (χ0n) is 9.81. The number of carbonyl (C=O) groups excluding carboxylic acids is 2. The molecule has 0 radical (unpaired) electrons. The number of fused-ring (bicyclic) bond motifs is 1. The van der Waals surface area contributed by atoms with Crippen LogP contribution in [0.1, 0.15) is 19.8 Å². The molecule has 5 nitrogen and oxygen atoms in total. The minimum absolute atomic E-state index is 0.104. The summed E-state index contributed by atoms with van der Waals surface area (Å²) >= 11 is 0. The summed E-state index contributed by atoms with van der Waals surface area (Å²) < 4.78 is 5.03. The van der Waals surface area contributed by atoms with Crippen LogP contribution < -0.4 is 0 Å². The van der Waals surface area contributed by atoms with Gasteiger partial charge in [0.25, 0.3) is 0 Å². The van der Waals surface area contributed by atoms with Crippen molar-refractivity contribution < 1.29 is 14.3 Å². The largest absolute Gasteiger partial charge is 0.465 e. The van der Waals surface area contributed by atoms with E-state index in [0.29, 0.717) is 13.2 Å². The lowest BCUT2D eigenvalue weighted by molar-refractivity contribution is -0.151. The molecule has 0 spiro atoms. The lowest BCUT2D eigenvalue weighted by atomic mass is 10.1. The SMILES string of the molecule is CCOC(=O)[C@H]1CCC2C(=O)N(C)CCN21. The van der Waals surface area contributed by atoms with Crippen molar-refractivity contribution in [3.63, 3.8) is 0 Å². The monoisotopic (exact) mass is 226 g/mol. The highest BCUT2D eigenvalue weighted by Crippen LogP contribution is 2.28. The van der Waals surface area contributed by atoms with E-state index in [-0.39, 0.29) is 24.0 Å². The zero-order valence-corrected chi connectivity index (χ0v) is 9.81. The number of nitrogens with zero attached hydrogens (tertiary/aromatic N) is 2. The Morgan fingerprint density at radius 3 is 2.88 bits per heavy atom. The Labute approximate surface area is 95.3 Å².